The second kappa shape index (κ2) is 8.21. The molecule has 0 atom stereocenters. The highest BCUT2D eigenvalue weighted by Gasteiger charge is 2.20. The number of hydrogen-bond acceptors (Lipinski definition) is 6. The molecule has 128 valence electrons. The van der Waals surface area contributed by atoms with Crippen molar-refractivity contribution >= 4 is 35.0 Å². The van der Waals surface area contributed by atoms with E-state index >= 15 is 0 Å². The van der Waals surface area contributed by atoms with Gasteiger partial charge in [-0.15, -0.1) is 0 Å². The minimum absolute atomic E-state index is 0.000258. The molecule has 7 nitrogen and oxygen atoms in total. The quantitative estimate of drug-likeness (QED) is 0.641. The van der Waals surface area contributed by atoms with Crippen LogP contribution in [0.4, 0.5) is 4.79 Å². The van der Waals surface area contributed by atoms with Crippen molar-refractivity contribution in [2.75, 3.05) is 20.8 Å². The molecule has 1 aromatic rings. The molecule has 0 aliphatic heterocycles. The molecule has 0 radical (unpaired) electrons. The zero-order valence-electron chi connectivity index (χ0n) is 13.6. The van der Waals surface area contributed by atoms with Gasteiger partial charge in [-0.25, -0.2) is 4.79 Å². The number of methoxy groups -OCH3 is 1. The Labute approximate surface area is 144 Å². The van der Waals surface area contributed by atoms with E-state index < -0.39 is 11.7 Å². The largest absolute Gasteiger partial charge is 0.493 e. The van der Waals surface area contributed by atoms with Crippen LogP contribution in [-0.2, 0) is 9.57 Å². The van der Waals surface area contributed by atoms with Gasteiger partial charge in [0.2, 0.25) is 0 Å². The van der Waals surface area contributed by atoms with Crippen molar-refractivity contribution in [3.8, 4) is 5.75 Å². The summed E-state index contributed by atoms with van der Waals surface area (Å²) < 4.78 is 10.3. The summed E-state index contributed by atoms with van der Waals surface area (Å²) in [4.78, 5) is 20.6. The molecule has 1 heterocycles. The highest BCUT2D eigenvalue weighted by Crippen LogP contribution is 2.34. The number of nitrogens with one attached hydrogen (secondary N) is 1. The lowest BCUT2D eigenvalue weighted by molar-refractivity contribution is 0.0535. The summed E-state index contributed by atoms with van der Waals surface area (Å²) in [7, 11) is 2.80. The third-order valence-electron chi connectivity index (χ3n) is 2.41. The first kappa shape index (κ1) is 19.3. The average Bonchev–Trinajstić information content (AvgIpc) is 2.43. The molecular weight excluding hydrogens is 345 g/mol. The van der Waals surface area contributed by atoms with Crippen molar-refractivity contribution in [2.24, 2.45) is 5.16 Å². The van der Waals surface area contributed by atoms with Crippen LogP contribution in [0, 0.1) is 0 Å². The number of aromatic nitrogens is 1. The molecule has 0 aliphatic rings. The van der Waals surface area contributed by atoms with Gasteiger partial charge < -0.3 is 19.6 Å². The van der Waals surface area contributed by atoms with E-state index in [1.165, 1.54) is 20.4 Å². The number of carbonyl (C=O) groups excluding carboxylic acids is 1. The van der Waals surface area contributed by atoms with E-state index in [9.17, 15) is 4.79 Å². The molecule has 1 amide bonds. The van der Waals surface area contributed by atoms with Gasteiger partial charge in [0.05, 0.1) is 19.9 Å². The fraction of sp³-hybridized carbons (Fsp3) is 0.500. The number of nitrogens with zero attached hydrogens (tertiary/aromatic N) is 2. The first-order valence-corrected chi connectivity index (χ1v) is 7.40. The summed E-state index contributed by atoms with van der Waals surface area (Å²) in [6.45, 7) is 5.29. The molecular formula is C14H19Cl2N3O4. The molecule has 0 fully saturated rings. The molecule has 0 unspecified atom stereocenters. The van der Waals surface area contributed by atoms with Crippen LogP contribution in [0.2, 0.25) is 10.0 Å². The van der Waals surface area contributed by atoms with E-state index in [1.54, 1.807) is 20.8 Å². The summed E-state index contributed by atoms with van der Waals surface area (Å²) in [5.41, 5.74) is -0.0358. The fourth-order valence-corrected chi connectivity index (χ4v) is 2.18. The predicted octanol–water partition coefficient (Wildman–Crippen LogP) is 3.27. The van der Waals surface area contributed by atoms with Gasteiger partial charge in [0.25, 0.3) is 0 Å². The van der Waals surface area contributed by atoms with Crippen molar-refractivity contribution in [3.05, 3.63) is 21.9 Å². The maximum Gasteiger partial charge on any atom is 0.407 e. The number of oxime groups is 1. The summed E-state index contributed by atoms with van der Waals surface area (Å²) in [5.74, 6) is 0.263. The Morgan fingerprint density at radius 2 is 2.00 bits per heavy atom. The van der Waals surface area contributed by atoms with E-state index in [0.29, 0.717) is 5.71 Å². The molecule has 23 heavy (non-hydrogen) atoms. The highest BCUT2D eigenvalue weighted by molar-refractivity contribution is 6.39. The van der Waals surface area contributed by atoms with Crippen molar-refractivity contribution in [2.45, 2.75) is 26.4 Å². The number of hydrogen-bond donors (Lipinski definition) is 1. The van der Waals surface area contributed by atoms with Crippen LogP contribution in [0.25, 0.3) is 0 Å². The van der Waals surface area contributed by atoms with Crippen LogP contribution < -0.4 is 10.1 Å². The molecule has 0 saturated heterocycles. The van der Waals surface area contributed by atoms with Crippen molar-refractivity contribution < 1.29 is 19.1 Å². The maximum atomic E-state index is 11.7. The minimum atomic E-state index is -0.609. The smallest absolute Gasteiger partial charge is 0.407 e. The van der Waals surface area contributed by atoms with Crippen LogP contribution in [0.15, 0.2) is 11.4 Å². The van der Waals surface area contributed by atoms with Gasteiger partial charge in [0.15, 0.2) is 5.75 Å². The third-order valence-corrected chi connectivity index (χ3v) is 3.03. The number of pyridine rings is 1. The van der Waals surface area contributed by atoms with Gasteiger partial charge in [-0.1, -0.05) is 28.4 Å². The van der Waals surface area contributed by atoms with Gasteiger partial charge >= 0.3 is 6.09 Å². The SMILES string of the molecule is CON=C(CNC(=O)OC(C)(C)C)c1ncc(Cl)c(OC)c1Cl. The average molecular weight is 364 g/mol. The summed E-state index contributed by atoms with van der Waals surface area (Å²) in [6.07, 6.45) is 0.777. The maximum absolute atomic E-state index is 11.7. The summed E-state index contributed by atoms with van der Waals surface area (Å²) in [6, 6.07) is 0. The fourth-order valence-electron chi connectivity index (χ4n) is 1.58. The number of carbonyl (C=O) groups is 1. The van der Waals surface area contributed by atoms with E-state index in [2.05, 4.69) is 15.5 Å². The number of amides is 1. The van der Waals surface area contributed by atoms with E-state index in [4.69, 9.17) is 37.5 Å². The standard InChI is InChI=1S/C14H19Cl2N3O4/c1-14(2,3)23-13(20)18-7-9(19-22-5)11-10(16)12(21-4)8(15)6-17-11/h6H,7H2,1-5H3,(H,18,20). The topological polar surface area (TPSA) is 82.0 Å². The minimum Gasteiger partial charge on any atom is -0.493 e. The number of halogens is 2. The molecule has 0 aromatic carbocycles. The molecule has 0 bridgehead atoms. The van der Waals surface area contributed by atoms with Crippen LogP contribution in [0.5, 0.6) is 5.75 Å². The second-order valence-corrected chi connectivity index (χ2v) is 6.16. The van der Waals surface area contributed by atoms with E-state index in [-0.39, 0.29) is 28.0 Å². The van der Waals surface area contributed by atoms with Crippen LogP contribution in [0.1, 0.15) is 26.5 Å². The monoisotopic (exact) mass is 363 g/mol. The Morgan fingerprint density at radius 1 is 1.35 bits per heavy atom. The Bertz CT molecular complexity index is 600. The molecule has 0 aliphatic carbocycles. The molecule has 1 aromatic heterocycles. The molecule has 0 saturated carbocycles. The first-order valence-electron chi connectivity index (χ1n) is 6.64. The zero-order chi connectivity index (χ0) is 17.6. The molecule has 1 rings (SSSR count). The second-order valence-electron chi connectivity index (χ2n) is 5.38. The number of rotatable bonds is 5. The van der Waals surface area contributed by atoms with E-state index in [1.807, 2.05) is 0 Å². The third kappa shape index (κ3) is 5.76. The normalized spacial score (nSPS) is 11.9. The summed E-state index contributed by atoms with van der Waals surface area (Å²) in [5, 5.41) is 6.82. The van der Waals surface area contributed by atoms with E-state index in [0.717, 1.165) is 0 Å². The number of alkyl carbamates (subject to hydrolysis) is 1. The lowest BCUT2D eigenvalue weighted by Gasteiger charge is -2.20. The van der Waals surface area contributed by atoms with Gasteiger partial charge in [-0.2, -0.15) is 0 Å². The van der Waals surface area contributed by atoms with Crippen LogP contribution in [0.3, 0.4) is 0 Å². The Balaban J connectivity index is 2.97. The van der Waals surface area contributed by atoms with Crippen molar-refractivity contribution in [3.63, 3.8) is 0 Å². The van der Waals surface area contributed by atoms with Crippen molar-refractivity contribution in [1.29, 1.82) is 0 Å². The highest BCUT2D eigenvalue weighted by atomic mass is 35.5. The molecule has 0 spiro atoms. The molecule has 9 heteroatoms. The van der Waals surface area contributed by atoms with Crippen LogP contribution >= 0.6 is 23.2 Å². The van der Waals surface area contributed by atoms with Gasteiger partial charge in [-0.3, -0.25) is 4.98 Å². The van der Waals surface area contributed by atoms with Gasteiger partial charge in [-0.05, 0) is 20.8 Å². The number of ether oxygens (including phenoxy) is 2. The van der Waals surface area contributed by atoms with Gasteiger partial charge in [0, 0.05) is 0 Å². The Hall–Kier alpha value is -1.73. The summed E-state index contributed by atoms with van der Waals surface area (Å²) >= 11 is 12.2. The molecule has 1 N–H and O–H groups in total. The zero-order valence-corrected chi connectivity index (χ0v) is 15.1. The Morgan fingerprint density at radius 3 is 2.52 bits per heavy atom. The Kier molecular flexibility index (Phi) is 6.90. The lowest BCUT2D eigenvalue weighted by atomic mass is 10.2. The first-order chi connectivity index (χ1) is 10.7. The van der Waals surface area contributed by atoms with Gasteiger partial charge in [0.1, 0.15) is 34.2 Å². The predicted molar refractivity (Wildman–Crippen MR) is 88.6 cm³/mol. The van der Waals surface area contributed by atoms with Crippen LogP contribution in [-0.4, -0.2) is 43.2 Å². The lowest BCUT2D eigenvalue weighted by Crippen LogP contribution is -2.36. The van der Waals surface area contributed by atoms with Crippen molar-refractivity contribution in [1.82, 2.24) is 10.3 Å².